The topological polar surface area (TPSA) is 109 Å². The molecule has 2 aromatic rings. The molecule has 7 heteroatoms. The van der Waals surface area contributed by atoms with Crippen molar-refractivity contribution in [3.8, 4) is 0 Å². The van der Waals surface area contributed by atoms with Gasteiger partial charge >= 0.3 is 0 Å². The van der Waals surface area contributed by atoms with Gasteiger partial charge in [0.2, 0.25) is 5.95 Å². The van der Waals surface area contributed by atoms with Crippen molar-refractivity contribution in [2.75, 3.05) is 29.5 Å². The van der Waals surface area contributed by atoms with Gasteiger partial charge in [0.1, 0.15) is 11.6 Å². The zero-order valence-electron chi connectivity index (χ0n) is 13.2. The smallest absolute Gasteiger partial charge is 0.222 e. The molecule has 0 amide bonds. The maximum absolute atomic E-state index is 9.41. The fraction of sp³-hybridized carbons (Fsp3) is 0.438. The maximum Gasteiger partial charge on any atom is 0.222 e. The molecule has 0 radical (unpaired) electrons. The van der Waals surface area contributed by atoms with Crippen LogP contribution in [-0.4, -0.2) is 39.3 Å². The molecular weight excluding hydrogens is 292 g/mol. The van der Waals surface area contributed by atoms with Crippen molar-refractivity contribution in [1.82, 2.24) is 15.0 Å². The van der Waals surface area contributed by atoms with Crippen molar-refractivity contribution >= 4 is 17.6 Å². The van der Waals surface area contributed by atoms with Crippen LogP contribution in [0.5, 0.6) is 0 Å². The minimum Gasteiger partial charge on any atom is -0.393 e. The molecule has 0 saturated heterocycles. The Bertz CT molecular complexity index is 671. The van der Waals surface area contributed by atoms with E-state index in [0.29, 0.717) is 12.4 Å². The molecule has 7 nitrogen and oxygen atoms in total. The Kier molecular flexibility index (Phi) is 4.57. The lowest BCUT2D eigenvalue weighted by Gasteiger charge is -2.30. The first-order valence-electron chi connectivity index (χ1n) is 7.83. The summed E-state index contributed by atoms with van der Waals surface area (Å²) in [4.78, 5) is 12.7. The van der Waals surface area contributed by atoms with Gasteiger partial charge in [0.15, 0.2) is 0 Å². The lowest BCUT2D eigenvalue weighted by molar-refractivity contribution is 0.0732. The summed E-state index contributed by atoms with van der Waals surface area (Å²) >= 11 is 0. The van der Waals surface area contributed by atoms with Crippen LogP contribution in [0.2, 0.25) is 0 Å². The molecule has 1 aliphatic rings. The first-order chi connectivity index (χ1) is 11.1. The number of nitrogens with two attached hydrogens (primary N) is 1. The number of rotatable bonds is 6. The largest absolute Gasteiger partial charge is 0.393 e. The van der Waals surface area contributed by atoms with E-state index in [2.05, 4.69) is 25.6 Å². The second-order valence-corrected chi connectivity index (χ2v) is 5.93. The summed E-state index contributed by atoms with van der Waals surface area (Å²) in [5.41, 5.74) is 7.85. The minimum atomic E-state index is -0.210. The minimum absolute atomic E-state index is 0.210. The Labute approximate surface area is 135 Å². The quantitative estimate of drug-likeness (QED) is 0.599. The van der Waals surface area contributed by atoms with E-state index in [9.17, 15) is 5.11 Å². The Balaban J connectivity index is 1.52. The van der Waals surface area contributed by atoms with Crippen LogP contribution in [0.15, 0.2) is 24.4 Å². The summed E-state index contributed by atoms with van der Waals surface area (Å²) in [5.74, 6) is 2.12. The maximum atomic E-state index is 9.41. The molecule has 0 unspecified atom stereocenters. The van der Waals surface area contributed by atoms with E-state index < -0.39 is 0 Å². The van der Waals surface area contributed by atoms with Crippen LogP contribution in [0.25, 0.3) is 0 Å². The number of hydrogen-bond acceptors (Lipinski definition) is 7. The zero-order valence-corrected chi connectivity index (χ0v) is 13.2. The highest BCUT2D eigenvalue weighted by Gasteiger charge is 2.30. The van der Waals surface area contributed by atoms with Crippen molar-refractivity contribution in [1.29, 1.82) is 0 Å². The summed E-state index contributed by atoms with van der Waals surface area (Å²) in [5, 5.41) is 15.9. The Hall–Kier alpha value is -2.41. The molecule has 122 valence electrons. The fourth-order valence-corrected chi connectivity index (χ4v) is 2.63. The highest BCUT2D eigenvalue weighted by atomic mass is 16.3. The van der Waals surface area contributed by atoms with Crippen LogP contribution in [0.3, 0.4) is 0 Å². The van der Waals surface area contributed by atoms with Crippen molar-refractivity contribution in [2.45, 2.75) is 31.8 Å². The van der Waals surface area contributed by atoms with Crippen molar-refractivity contribution < 1.29 is 5.11 Å². The second kappa shape index (κ2) is 6.78. The van der Waals surface area contributed by atoms with Crippen molar-refractivity contribution in [3.05, 3.63) is 35.7 Å². The molecule has 1 fully saturated rings. The van der Waals surface area contributed by atoms with Gasteiger partial charge in [0.25, 0.3) is 0 Å². The first kappa shape index (κ1) is 15.5. The number of aryl methyl sites for hydroxylation is 1. The van der Waals surface area contributed by atoms with E-state index in [4.69, 9.17) is 5.73 Å². The third-order valence-corrected chi connectivity index (χ3v) is 3.95. The van der Waals surface area contributed by atoms with Gasteiger partial charge in [-0.15, -0.1) is 0 Å². The monoisotopic (exact) mass is 314 g/mol. The van der Waals surface area contributed by atoms with Crippen molar-refractivity contribution in [2.24, 2.45) is 0 Å². The molecule has 23 heavy (non-hydrogen) atoms. The van der Waals surface area contributed by atoms with E-state index in [1.165, 1.54) is 5.56 Å². The standard InChI is InChI=1S/C16H22N6O/c1-10-2-3-18-14(6-10)19-4-5-20-15-9-13(21-16(17)22-15)11-7-12(23)8-11/h2-3,6,9,11-12,23H,4-5,7-8H2,1H3,(H,18,19)(H3,17,20,21,22). The lowest BCUT2D eigenvalue weighted by Crippen LogP contribution is -2.27. The van der Waals surface area contributed by atoms with Crippen LogP contribution in [-0.2, 0) is 0 Å². The molecule has 1 saturated carbocycles. The van der Waals surface area contributed by atoms with Crippen molar-refractivity contribution in [3.63, 3.8) is 0 Å². The van der Waals surface area contributed by atoms with Crippen LogP contribution in [0.1, 0.15) is 30.0 Å². The van der Waals surface area contributed by atoms with E-state index in [1.807, 2.05) is 25.1 Å². The first-order valence-corrected chi connectivity index (χ1v) is 7.83. The summed E-state index contributed by atoms with van der Waals surface area (Å²) in [6.45, 7) is 3.45. The van der Waals surface area contributed by atoms with Gasteiger partial charge in [-0.3, -0.25) is 0 Å². The van der Waals surface area contributed by atoms with Gasteiger partial charge in [0.05, 0.1) is 11.8 Å². The normalized spacial score (nSPS) is 19.9. The fourth-order valence-electron chi connectivity index (χ4n) is 2.63. The number of nitrogens with zero attached hydrogens (tertiary/aromatic N) is 3. The lowest BCUT2D eigenvalue weighted by atomic mass is 9.80. The summed E-state index contributed by atoms with van der Waals surface area (Å²) in [6.07, 6.45) is 3.07. The number of hydrogen-bond donors (Lipinski definition) is 4. The molecule has 5 N–H and O–H groups in total. The van der Waals surface area contributed by atoms with E-state index in [0.717, 1.165) is 30.9 Å². The number of pyridine rings is 1. The van der Waals surface area contributed by atoms with Gasteiger partial charge in [-0.1, -0.05) is 0 Å². The molecule has 2 heterocycles. The molecule has 0 bridgehead atoms. The van der Waals surface area contributed by atoms with Crippen LogP contribution in [0.4, 0.5) is 17.6 Å². The predicted octanol–water partition coefficient (Wildman–Crippen LogP) is 1.52. The highest BCUT2D eigenvalue weighted by Crippen LogP contribution is 2.36. The number of nitrogen functional groups attached to an aromatic ring is 1. The molecular formula is C16H22N6O. The molecule has 0 spiro atoms. The summed E-state index contributed by atoms with van der Waals surface area (Å²) in [6, 6.07) is 5.88. The SMILES string of the molecule is Cc1ccnc(NCCNc2cc(C3CC(O)C3)nc(N)n2)c1. The van der Waals surface area contributed by atoms with E-state index >= 15 is 0 Å². The van der Waals surface area contributed by atoms with Crippen LogP contribution in [0, 0.1) is 6.92 Å². The molecule has 0 aromatic carbocycles. The van der Waals surface area contributed by atoms with Gasteiger partial charge in [-0.05, 0) is 37.5 Å². The summed E-state index contributed by atoms with van der Waals surface area (Å²) in [7, 11) is 0. The third-order valence-electron chi connectivity index (χ3n) is 3.95. The van der Waals surface area contributed by atoms with Gasteiger partial charge in [-0.2, -0.15) is 4.98 Å². The zero-order chi connectivity index (χ0) is 16.2. The van der Waals surface area contributed by atoms with Crippen LogP contribution < -0.4 is 16.4 Å². The Morgan fingerprint density at radius 2 is 1.91 bits per heavy atom. The average molecular weight is 314 g/mol. The molecule has 3 rings (SSSR count). The number of aliphatic hydroxyl groups is 1. The summed E-state index contributed by atoms with van der Waals surface area (Å²) < 4.78 is 0. The highest BCUT2D eigenvalue weighted by molar-refractivity contribution is 5.42. The number of aliphatic hydroxyl groups excluding tert-OH is 1. The molecule has 1 aliphatic carbocycles. The third kappa shape index (κ3) is 4.07. The Morgan fingerprint density at radius 1 is 1.17 bits per heavy atom. The van der Waals surface area contributed by atoms with Crippen LogP contribution >= 0.6 is 0 Å². The number of aromatic nitrogens is 3. The molecule has 0 atom stereocenters. The van der Waals surface area contributed by atoms with Gasteiger partial charge in [0, 0.05) is 31.3 Å². The van der Waals surface area contributed by atoms with Gasteiger partial charge < -0.3 is 21.5 Å². The second-order valence-electron chi connectivity index (χ2n) is 5.93. The van der Waals surface area contributed by atoms with E-state index in [-0.39, 0.29) is 18.0 Å². The molecule has 2 aromatic heterocycles. The predicted molar refractivity (Wildman–Crippen MR) is 90.4 cm³/mol. The molecule has 0 aliphatic heterocycles. The van der Waals surface area contributed by atoms with E-state index in [1.54, 1.807) is 6.20 Å². The van der Waals surface area contributed by atoms with Gasteiger partial charge in [-0.25, -0.2) is 9.97 Å². The Morgan fingerprint density at radius 3 is 2.61 bits per heavy atom. The number of anilines is 3. The average Bonchev–Trinajstić information content (AvgIpc) is 2.48. The number of nitrogens with one attached hydrogen (secondary N) is 2.